The molecule has 6 nitrogen and oxygen atoms in total. The molecule has 1 saturated heterocycles. The highest BCUT2D eigenvalue weighted by Gasteiger charge is 2.33. The van der Waals surface area contributed by atoms with Gasteiger partial charge in [0.05, 0.1) is 15.5 Å². The Morgan fingerprint density at radius 1 is 1.32 bits per heavy atom. The van der Waals surface area contributed by atoms with Gasteiger partial charge in [-0.2, -0.15) is 0 Å². The van der Waals surface area contributed by atoms with Gasteiger partial charge in [0.2, 0.25) is 0 Å². The number of carboxylic acid groups (broad SMARTS) is 1. The minimum absolute atomic E-state index is 0.0846. The van der Waals surface area contributed by atoms with E-state index < -0.39 is 5.97 Å². The maximum Gasteiger partial charge on any atom is 0.335 e. The Hall–Kier alpha value is -2.51. The summed E-state index contributed by atoms with van der Waals surface area (Å²) in [5.41, 5.74) is 0.518. The van der Waals surface area contributed by atoms with Crippen molar-refractivity contribution in [2.45, 2.75) is 6.92 Å². The molecule has 0 unspecified atom stereocenters. The second-order valence-electron chi connectivity index (χ2n) is 5.13. The number of aromatic carboxylic acids is 1. The summed E-state index contributed by atoms with van der Waals surface area (Å²) in [5.74, 6) is -0.693. The molecule has 1 aliphatic rings. The van der Waals surface area contributed by atoms with Crippen molar-refractivity contribution < 1.29 is 23.9 Å². The molecular formula is C17H12ClNO5S. The van der Waals surface area contributed by atoms with E-state index in [0.717, 1.165) is 16.7 Å². The first-order valence-corrected chi connectivity index (χ1v) is 8.48. The van der Waals surface area contributed by atoms with Gasteiger partial charge in [0.15, 0.2) is 0 Å². The fourth-order valence-corrected chi connectivity index (χ4v) is 3.42. The largest absolute Gasteiger partial charge is 0.478 e. The van der Waals surface area contributed by atoms with Crippen LogP contribution in [0.15, 0.2) is 39.7 Å². The Bertz CT molecular complexity index is 918. The van der Waals surface area contributed by atoms with Crippen LogP contribution in [-0.4, -0.2) is 33.7 Å². The number of imide groups is 1. The van der Waals surface area contributed by atoms with Crippen LogP contribution in [0.5, 0.6) is 0 Å². The fraction of sp³-hybridized carbons (Fsp3) is 0.118. The number of rotatable bonds is 4. The minimum atomic E-state index is -1.07. The molecule has 1 aliphatic heterocycles. The van der Waals surface area contributed by atoms with Crippen molar-refractivity contribution in [2.24, 2.45) is 0 Å². The molecule has 0 bridgehead atoms. The lowest BCUT2D eigenvalue weighted by Crippen LogP contribution is -2.27. The second-order valence-corrected chi connectivity index (χ2v) is 6.53. The van der Waals surface area contributed by atoms with Crippen molar-refractivity contribution in [3.05, 3.63) is 51.6 Å². The van der Waals surface area contributed by atoms with E-state index in [-0.39, 0.29) is 21.6 Å². The summed E-state index contributed by atoms with van der Waals surface area (Å²) in [4.78, 5) is 36.3. The van der Waals surface area contributed by atoms with Gasteiger partial charge in [-0.15, -0.1) is 0 Å². The van der Waals surface area contributed by atoms with Crippen LogP contribution in [0.25, 0.3) is 17.4 Å². The first-order chi connectivity index (χ1) is 11.9. The number of nitrogens with zero attached hydrogens (tertiary/aromatic N) is 1. The number of amides is 2. The van der Waals surface area contributed by atoms with Crippen LogP contribution in [0.4, 0.5) is 4.79 Å². The molecule has 1 N–H and O–H groups in total. The lowest BCUT2D eigenvalue weighted by Gasteiger charge is -2.06. The second kappa shape index (κ2) is 6.78. The van der Waals surface area contributed by atoms with Crippen molar-refractivity contribution >= 4 is 46.6 Å². The molecule has 1 aromatic carbocycles. The van der Waals surface area contributed by atoms with E-state index in [2.05, 4.69) is 0 Å². The fourth-order valence-electron chi connectivity index (χ4n) is 2.32. The average Bonchev–Trinajstić information content (AvgIpc) is 3.13. The lowest BCUT2D eigenvalue weighted by atomic mass is 10.1. The highest BCUT2D eigenvalue weighted by Crippen LogP contribution is 2.34. The van der Waals surface area contributed by atoms with Crippen LogP contribution in [0.1, 0.15) is 23.0 Å². The minimum Gasteiger partial charge on any atom is -0.478 e. The Labute approximate surface area is 152 Å². The Morgan fingerprint density at radius 3 is 2.72 bits per heavy atom. The van der Waals surface area contributed by atoms with Gasteiger partial charge in [0, 0.05) is 18.2 Å². The smallest absolute Gasteiger partial charge is 0.335 e. The zero-order chi connectivity index (χ0) is 18.1. The van der Waals surface area contributed by atoms with Gasteiger partial charge in [-0.1, -0.05) is 11.6 Å². The topological polar surface area (TPSA) is 87.8 Å². The maximum absolute atomic E-state index is 12.1. The molecular weight excluding hydrogens is 366 g/mol. The number of furan rings is 1. The highest BCUT2D eigenvalue weighted by molar-refractivity contribution is 8.18. The van der Waals surface area contributed by atoms with Crippen molar-refractivity contribution in [1.29, 1.82) is 0 Å². The molecule has 2 heterocycles. The van der Waals surface area contributed by atoms with Gasteiger partial charge < -0.3 is 9.52 Å². The van der Waals surface area contributed by atoms with E-state index in [9.17, 15) is 14.4 Å². The standard InChI is InChI=1S/C17H12ClNO5S/c1-2-19-15(20)14(25-17(19)23)8-10-4-6-13(24-10)11-7-9(16(21)22)3-5-12(11)18/h3-8H,2H2,1H3,(H,21,22)/b14-8-. The first kappa shape index (κ1) is 17.3. The average molecular weight is 378 g/mol. The van der Waals surface area contributed by atoms with Crippen molar-refractivity contribution in [3.63, 3.8) is 0 Å². The summed E-state index contributed by atoms with van der Waals surface area (Å²) in [6, 6.07) is 7.55. The molecule has 1 fully saturated rings. The number of carbonyl (C=O) groups excluding carboxylic acids is 2. The van der Waals surface area contributed by atoms with Gasteiger partial charge >= 0.3 is 5.97 Å². The van der Waals surface area contributed by atoms with E-state index in [1.165, 1.54) is 24.3 Å². The Kier molecular flexibility index (Phi) is 4.69. The number of benzene rings is 1. The third kappa shape index (κ3) is 3.33. The summed E-state index contributed by atoms with van der Waals surface area (Å²) >= 11 is 6.97. The van der Waals surface area contributed by atoms with Crippen LogP contribution in [0.2, 0.25) is 5.02 Å². The molecule has 8 heteroatoms. The number of thioether (sulfide) groups is 1. The normalized spacial score (nSPS) is 16.1. The van der Waals surface area contributed by atoms with E-state index in [0.29, 0.717) is 28.7 Å². The van der Waals surface area contributed by atoms with Gasteiger partial charge in [0.25, 0.3) is 11.1 Å². The zero-order valence-electron chi connectivity index (χ0n) is 13.0. The Morgan fingerprint density at radius 2 is 2.08 bits per heavy atom. The van der Waals surface area contributed by atoms with Crippen LogP contribution < -0.4 is 0 Å². The van der Waals surface area contributed by atoms with Crippen molar-refractivity contribution in [2.75, 3.05) is 6.54 Å². The molecule has 0 aliphatic carbocycles. The van der Waals surface area contributed by atoms with Gasteiger partial charge in [0.1, 0.15) is 11.5 Å². The molecule has 1 aromatic heterocycles. The van der Waals surface area contributed by atoms with Crippen molar-refractivity contribution in [3.8, 4) is 11.3 Å². The predicted octanol–water partition coefficient (Wildman–Crippen LogP) is 4.35. The Balaban J connectivity index is 1.93. The third-order valence-corrected chi connectivity index (χ3v) is 4.81. The number of carboxylic acids is 1. The summed E-state index contributed by atoms with van der Waals surface area (Å²) < 4.78 is 5.65. The van der Waals surface area contributed by atoms with Crippen LogP contribution >= 0.6 is 23.4 Å². The monoisotopic (exact) mass is 377 g/mol. The summed E-state index contributed by atoms with van der Waals surface area (Å²) in [6.45, 7) is 2.03. The summed E-state index contributed by atoms with van der Waals surface area (Å²) in [6.07, 6.45) is 1.49. The first-order valence-electron chi connectivity index (χ1n) is 7.29. The number of halogens is 1. The quantitative estimate of drug-likeness (QED) is 0.797. The summed E-state index contributed by atoms with van der Waals surface area (Å²) in [7, 11) is 0. The lowest BCUT2D eigenvalue weighted by molar-refractivity contribution is -0.122. The SMILES string of the molecule is CCN1C(=O)S/C(=C\c2ccc(-c3cc(C(=O)O)ccc3Cl)o2)C1=O. The number of carbonyl (C=O) groups is 3. The number of hydrogen-bond donors (Lipinski definition) is 1. The number of hydrogen-bond acceptors (Lipinski definition) is 5. The van der Waals surface area contributed by atoms with E-state index in [1.54, 1.807) is 19.1 Å². The maximum atomic E-state index is 12.1. The van der Waals surface area contributed by atoms with E-state index in [4.69, 9.17) is 21.1 Å². The van der Waals surface area contributed by atoms with Crippen molar-refractivity contribution in [1.82, 2.24) is 4.90 Å². The highest BCUT2D eigenvalue weighted by atomic mass is 35.5. The van der Waals surface area contributed by atoms with E-state index >= 15 is 0 Å². The summed E-state index contributed by atoms with van der Waals surface area (Å²) in [5, 5.41) is 9.11. The number of likely N-dealkylation sites (N-methyl/N-ethyl adjacent to an activating group) is 1. The molecule has 0 saturated carbocycles. The molecule has 128 valence electrons. The molecule has 25 heavy (non-hydrogen) atoms. The third-order valence-electron chi connectivity index (χ3n) is 3.57. The predicted molar refractivity (Wildman–Crippen MR) is 94.5 cm³/mol. The van der Waals surface area contributed by atoms with Gasteiger partial charge in [-0.05, 0) is 49.0 Å². The van der Waals surface area contributed by atoms with Gasteiger partial charge in [-0.25, -0.2) is 4.79 Å². The molecule has 3 rings (SSSR count). The van der Waals surface area contributed by atoms with Crippen LogP contribution in [0, 0.1) is 0 Å². The molecule has 0 radical (unpaired) electrons. The van der Waals surface area contributed by atoms with Crippen LogP contribution in [-0.2, 0) is 4.79 Å². The molecule has 2 amide bonds. The zero-order valence-corrected chi connectivity index (χ0v) is 14.6. The molecule has 2 aromatic rings. The van der Waals surface area contributed by atoms with Gasteiger partial charge in [-0.3, -0.25) is 14.5 Å². The van der Waals surface area contributed by atoms with E-state index in [1.807, 2.05) is 0 Å². The molecule has 0 spiro atoms. The molecule has 0 atom stereocenters. The van der Waals surface area contributed by atoms with Crippen LogP contribution in [0.3, 0.4) is 0 Å².